The van der Waals surface area contributed by atoms with Crippen LogP contribution in [0.25, 0.3) is 22.4 Å². The SMILES string of the molecule is O=C(O)c1ccc(Cl)c2cnn(Cc3cnc(-c4ccccc4)o3)c12. The van der Waals surface area contributed by atoms with Gasteiger partial charge in [-0.1, -0.05) is 29.8 Å². The molecule has 0 unspecified atom stereocenters. The summed E-state index contributed by atoms with van der Waals surface area (Å²) in [5, 5.41) is 14.7. The lowest BCUT2D eigenvalue weighted by Gasteiger charge is -2.05. The van der Waals surface area contributed by atoms with Crippen LogP contribution in [0.1, 0.15) is 16.1 Å². The number of rotatable bonds is 4. The molecule has 25 heavy (non-hydrogen) atoms. The molecule has 0 fully saturated rings. The van der Waals surface area contributed by atoms with Crippen molar-refractivity contribution in [3.63, 3.8) is 0 Å². The van der Waals surface area contributed by atoms with Gasteiger partial charge in [-0.25, -0.2) is 9.78 Å². The van der Waals surface area contributed by atoms with Crippen LogP contribution >= 0.6 is 11.6 Å². The highest BCUT2D eigenvalue weighted by Gasteiger charge is 2.17. The number of halogens is 1. The number of aromatic nitrogens is 3. The maximum absolute atomic E-state index is 11.5. The standard InChI is InChI=1S/C18H12ClN3O3/c19-15-7-6-13(18(23)24)16-14(15)9-21-22(16)10-12-8-20-17(25-12)11-4-2-1-3-5-11/h1-9H,10H2,(H,23,24). The first-order valence-electron chi connectivity index (χ1n) is 7.51. The molecule has 2 heterocycles. The van der Waals surface area contributed by atoms with Crippen molar-refractivity contribution >= 4 is 28.5 Å². The molecule has 0 aliphatic carbocycles. The minimum atomic E-state index is -1.04. The summed E-state index contributed by atoms with van der Waals surface area (Å²) in [5.41, 5.74) is 1.46. The van der Waals surface area contributed by atoms with E-state index >= 15 is 0 Å². The zero-order valence-corrected chi connectivity index (χ0v) is 13.6. The fourth-order valence-electron chi connectivity index (χ4n) is 2.70. The van der Waals surface area contributed by atoms with E-state index in [1.807, 2.05) is 30.3 Å². The fourth-order valence-corrected chi connectivity index (χ4v) is 2.91. The van der Waals surface area contributed by atoms with E-state index < -0.39 is 5.97 Å². The molecule has 0 saturated carbocycles. The van der Waals surface area contributed by atoms with Gasteiger partial charge in [0.05, 0.1) is 28.5 Å². The van der Waals surface area contributed by atoms with Gasteiger partial charge in [-0.2, -0.15) is 5.10 Å². The van der Waals surface area contributed by atoms with E-state index in [9.17, 15) is 9.90 Å². The fraction of sp³-hybridized carbons (Fsp3) is 0.0556. The van der Waals surface area contributed by atoms with Gasteiger partial charge >= 0.3 is 5.97 Å². The average molecular weight is 354 g/mol. The zero-order valence-electron chi connectivity index (χ0n) is 12.9. The summed E-state index contributed by atoms with van der Waals surface area (Å²) in [5.74, 6) is 0.0367. The highest BCUT2D eigenvalue weighted by Crippen LogP contribution is 2.27. The van der Waals surface area contributed by atoms with Crippen molar-refractivity contribution in [2.45, 2.75) is 6.54 Å². The van der Waals surface area contributed by atoms with Crippen molar-refractivity contribution in [2.75, 3.05) is 0 Å². The number of hydrogen-bond acceptors (Lipinski definition) is 4. The predicted octanol–water partition coefficient (Wildman–Crippen LogP) is 4.09. The van der Waals surface area contributed by atoms with Gasteiger partial charge in [0.25, 0.3) is 0 Å². The zero-order chi connectivity index (χ0) is 17.4. The second-order valence-corrected chi connectivity index (χ2v) is 5.87. The van der Waals surface area contributed by atoms with Gasteiger partial charge in [0.1, 0.15) is 12.3 Å². The Morgan fingerprint density at radius 1 is 1.16 bits per heavy atom. The highest BCUT2D eigenvalue weighted by atomic mass is 35.5. The third-order valence-corrected chi connectivity index (χ3v) is 4.19. The summed E-state index contributed by atoms with van der Waals surface area (Å²) in [7, 11) is 0. The van der Waals surface area contributed by atoms with Crippen molar-refractivity contribution in [3.05, 3.63) is 71.2 Å². The molecule has 0 spiro atoms. The van der Waals surface area contributed by atoms with Gasteiger partial charge < -0.3 is 9.52 Å². The van der Waals surface area contributed by atoms with Gasteiger partial charge in [0.15, 0.2) is 0 Å². The quantitative estimate of drug-likeness (QED) is 0.597. The number of carbonyl (C=O) groups is 1. The van der Waals surface area contributed by atoms with Crippen molar-refractivity contribution in [3.8, 4) is 11.5 Å². The lowest BCUT2D eigenvalue weighted by molar-refractivity contribution is 0.0698. The molecule has 1 N–H and O–H groups in total. The Balaban J connectivity index is 1.73. The van der Waals surface area contributed by atoms with E-state index in [0.29, 0.717) is 27.6 Å². The van der Waals surface area contributed by atoms with Gasteiger partial charge in [-0.15, -0.1) is 0 Å². The summed E-state index contributed by atoms with van der Waals surface area (Å²) in [6, 6.07) is 12.6. The summed E-state index contributed by atoms with van der Waals surface area (Å²) in [4.78, 5) is 15.8. The summed E-state index contributed by atoms with van der Waals surface area (Å²) >= 11 is 6.15. The topological polar surface area (TPSA) is 81.1 Å². The second-order valence-electron chi connectivity index (χ2n) is 5.46. The van der Waals surface area contributed by atoms with Crippen LogP contribution in [0.4, 0.5) is 0 Å². The van der Waals surface area contributed by atoms with Crippen molar-refractivity contribution in [2.24, 2.45) is 0 Å². The van der Waals surface area contributed by atoms with Crippen LogP contribution in [0.15, 0.2) is 59.3 Å². The largest absolute Gasteiger partial charge is 0.478 e. The maximum atomic E-state index is 11.5. The van der Waals surface area contributed by atoms with Crippen molar-refractivity contribution < 1.29 is 14.3 Å². The molecule has 4 aromatic rings. The molecule has 2 aromatic heterocycles. The molecule has 0 aliphatic rings. The van der Waals surface area contributed by atoms with Crippen LogP contribution in [0.5, 0.6) is 0 Å². The van der Waals surface area contributed by atoms with Crippen LogP contribution < -0.4 is 0 Å². The molecule has 2 aromatic carbocycles. The normalized spacial score (nSPS) is 11.1. The van der Waals surface area contributed by atoms with Crippen LogP contribution in [0.3, 0.4) is 0 Å². The second kappa shape index (κ2) is 6.07. The number of benzene rings is 2. The molecule has 4 rings (SSSR count). The first-order valence-corrected chi connectivity index (χ1v) is 7.89. The monoisotopic (exact) mass is 353 g/mol. The Morgan fingerprint density at radius 2 is 1.96 bits per heavy atom. The van der Waals surface area contributed by atoms with Gasteiger partial charge in [-0.3, -0.25) is 4.68 Å². The lowest BCUT2D eigenvalue weighted by Crippen LogP contribution is -2.05. The van der Waals surface area contributed by atoms with E-state index in [0.717, 1.165) is 5.56 Å². The third kappa shape index (κ3) is 2.77. The van der Waals surface area contributed by atoms with Crippen LogP contribution in [0.2, 0.25) is 5.02 Å². The van der Waals surface area contributed by atoms with Gasteiger partial charge in [-0.05, 0) is 24.3 Å². The highest BCUT2D eigenvalue weighted by molar-refractivity contribution is 6.35. The Morgan fingerprint density at radius 3 is 2.72 bits per heavy atom. The van der Waals surface area contributed by atoms with E-state index in [4.69, 9.17) is 16.0 Å². The minimum absolute atomic E-state index is 0.139. The van der Waals surface area contributed by atoms with Gasteiger partial charge in [0, 0.05) is 10.9 Å². The van der Waals surface area contributed by atoms with Crippen molar-refractivity contribution in [1.82, 2.24) is 14.8 Å². The Kier molecular flexibility index (Phi) is 3.74. The molecule has 0 radical (unpaired) electrons. The summed E-state index contributed by atoms with van der Waals surface area (Å²) < 4.78 is 7.33. The molecule has 124 valence electrons. The molecule has 0 saturated heterocycles. The molecule has 0 amide bonds. The maximum Gasteiger partial charge on any atom is 0.337 e. The van der Waals surface area contributed by atoms with E-state index in [-0.39, 0.29) is 12.1 Å². The smallest absolute Gasteiger partial charge is 0.337 e. The van der Waals surface area contributed by atoms with Gasteiger partial charge in [0.2, 0.25) is 5.89 Å². The van der Waals surface area contributed by atoms with E-state index in [1.165, 1.54) is 6.07 Å². The third-order valence-electron chi connectivity index (χ3n) is 3.86. The molecular formula is C18H12ClN3O3. The first-order chi connectivity index (χ1) is 12.1. The number of carboxylic acids is 1. The number of aromatic carboxylic acids is 1. The summed E-state index contributed by atoms with van der Waals surface area (Å²) in [6.07, 6.45) is 3.17. The molecular weight excluding hydrogens is 342 g/mol. The van der Waals surface area contributed by atoms with E-state index in [2.05, 4.69) is 10.1 Å². The number of oxazole rings is 1. The first kappa shape index (κ1) is 15.4. The van der Waals surface area contributed by atoms with Crippen molar-refractivity contribution in [1.29, 1.82) is 0 Å². The predicted molar refractivity (Wildman–Crippen MR) is 92.7 cm³/mol. The summed E-state index contributed by atoms with van der Waals surface area (Å²) in [6.45, 7) is 0.254. The number of nitrogens with zero attached hydrogens (tertiary/aromatic N) is 3. The lowest BCUT2D eigenvalue weighted by atomic mass is 10.1. The Hall–Kier alpha value is -3.12. The Bertz CT molecular complexity index is 1070. The Labute approximate surface area is 147 Å². The number of fused-ring (bicyclic) bond motifs is 1. The molecule has 7 heteroatoms. The van der Waals surface area contributed by atoms with Crippen LogP contribution in [0, 0.1) is 0 Å². The minimum Gasteiger partial charge on any atom is -0.478 e. The van der Waals surface area contributed by atoms with E-state index in [1.54, 1.807) is 23.1 Å². The number of hydrogen-bond donors (Lipinski definition) is 1. The molecule has 0 bridgehead atoms. The molecule has 6 nitrogen and oxygen atoms in total. The molecule has 0 aliphatic heterocycles. The number of carboxylic acid groups (broad SMARTS) is 1. The van der Waals surface area contributed by atoms with Crippen LogP contribution in [-0.4, -0.2) is 25.8 Å². The molecule has 0 atom stereocenters. The van der Waals surface area contributed by atoms with Crippen LogP contribution in [-0.2, 0) is 6.54 Å². The average Bonchev–Trinajstić information content (AvgIpc) is 3.24.